The van der Waals surface area contributed by atoms with E-state index in [4.69, 9.17) is 9.84 Å². The standard InChI is InChI=1S/C15H16N2O4/c1-8(15(20)21-2)17-12-6-5-10(14(18)19)7-11(12)16-13(17)9-3-4-9/h5-9H,3-4H2,1-2H3,(H,18,19). The lowest BCUT2D eigenvalue weighted by molar-refractivity contribution is -0.143. The Balaban J connectivity index is 2.18. The molecule has 1 aliphatic carbocycles. The van der Waals surface area contributed by atoms with Crippen molar-refractivity contribution in [3.05, 3.63) is 29.6 Å². The van der Waals surface area contributed by atoms with E-state index in [9.17, 15) is 9.59 Å². The summed E-state index contributed by atoms with van der Waals surface area (Å²) in [6, 6.07) is 4.30. The number of rotatable bonds is 4. The van der Waals surface area contributed by atoms with Gasteiger partial charge in [0.05, 0.1) is 23.7 Å². The second kappa shape index (κ2) is 4.87. The van der Waals surface area contributed by atoms with Crippen LogP contribution in [0.2, 0.25) is 0 Å². The first kappa shape index (κ1) is 13.6. The smallest absolute Gasteiger partial charge is 0.335 e. The van der Waals surface area contributed by atoms with Crippen LogP contribution < -0.4 is 0 Å². The Kier molecular flexibility index (Phi) is 3.16. The summed E-state index contributed by atoms with van der Waals surface area (Å²) < 4.78 is 6.69. The van der Waals surface area contributed by atoms with Gasteiger partial charge in [0.2, 0.25) is 0 Å². The van der Waals surface area contributed by atoms with Crippen LogP contribution in [0.4, 0.5) is 0 Å². The number of esters is 1. The highest BCUT2D eigenvalue weighted by Gasteiger charge is 2.32. The molecule has 1 saturated carbocycles. The second-order valence-corrected chi connectivity index (χ2v) is 5.32. The molecule has 0 spiro atoms. The molecule has 6 heteroatoms. The third-order valence-electron chi connectivity index (χ3n) is 3.84. The summed E-state index contributed by atoms with van der Waals surface area (Å²) in [5.74, 6) is -0.137. The first-order valence-corrected chi connectivity index (χ1v) is 6.86. The van der Waals surface area contributed by atoms with Gasteiger partial charge in [-0.15, -0.1) is 0 Å². The van der Waals surface area contributed by atoms with Crippen LogP contribution in [-0.2, 0) is 9.53 Å². The molecule has 0 saturated heterocycles. The molecular weight excluding hydrogens is 272 g/mol. The molecule has 1 N–H and O–H groups in total. The quantitative estimate of drug-likeness (QED) is 0.873. The van der Waals surface area contributed by atoms with Crippen molar-refractivity contribution >= 4 is 23.0 Å². The monoisotopic (exact) mass is 288 g/mol. The van der Waals surface area contributed by atoms with Crippen LogP contribution in [0.25, 0.3) is 11.0 Å². The van der Waals surface area contributed by atoms with Crippen LogP contribution in [0.1, 0.15) is 47.9 Å². The van der Waals surface area contributed by atoms with Crippen LogP contribution in [0.5, 0.6) is 0 Å². The number of carboxylic acid groups (broad SMARTS) is 1. The summed E-state index contributed by atoms with van der Waals surface area (Å²) in [6.45, 7) is 1.77. The molecule has 21 heavy (non-hydrogen) atoms. The zero-order chi connectivity index (χ0) is 15.1. The zero-order valence-electron chi connectivity index (χ0n) is 11.9. The summed E-state index contributed by atoms with van der Waals surface area (Å²) in [6.07, 6.45) is 2.09. The molecule has 0 radical (unpaired) electrons. The van der Waals surface area contributed by atoms with Gasteiger partial charge >= 0.3 is 11.9 Å². The predicted octanol–water partition coefficient (Wildman–Crippen LogP) is 2.35. The Bertz CT molecular complexity index is 731. The average Bonchev–Trinajstić information content (AvgIpc) is 3.25. The summed E-state index contributed by atoms with van der Waals surface area (Å²) in [5.41, 5.74) is 1.56. The lowest BCUT2D eigenvalue weighted by Crippen LogP contribution is -2.19. The summed E-state index contributed by atoms with van der Waals surface area (Å²) in [4.78, 5) is 27.5. The lowest BCUT2D eigenvalue weighted by Gasteiger charge is -2.15. The average molecular weight is 288 g/mol. The molecule has 0 aliphatic heterocycles. The number of methoxy groups -OCH3 is 1. The Morgan fingerprint density at radius 1 is 1.43 bits per heavy atom. The van der Waals surface area contributed by atoms with Crippen molar-refractivity contribution in [3.8, 4) is 0 Å². The van der Waals surface area contributed by atoms with E-state index in [1.807, 2.05) is 4.57 Å². The van der Waals surface area contributed by atoms with Crippen molar-refractivity contribution < 1.29 is 19.4 Å². The molecule has 0 bridgehead atoms. The molecule has 6 nitrogen and oxygen atoms in total. The predicted molar refractivity (Wildman–Crippen MR) is 75.4 cm³/mol. The van der Waals surface area contributed by atoms with Gasteiger partial charge in [-0.25, -0.2) is 14.6 Å². The third kappa shape index (κ3) is 2.26. The van der Waals surface area contributed by atoms with Crippen LogP contribution in [0.3, 0.4) is 0 Å². The number of carbonyl (C=O) groups excluding carboxylic acids is 1. The maximum atomic E-state index is 11.9. The zero-order valence-corrected chi connectivity index (χ0v) is 11.9. The minimum Gasteiger partial charge on any atom is -0.478 e. The molecule has 2 aromatic rings. The van der Waals surface area contributed by atoms with Crippen LogP contribution >= 0.6 is 0 Å². The van der Waals surface area contributed by atoms with Crippen molar-refractivity contribution in [1.29, 1.82) is 0 Å². The number of hydrogen-bond acceptors (Lipinski definition) is 4. The first-order chi connectivity index (χ1) is 10.0. The molecule has 1 aromatic heterocycles. The molecule has 1 aromatic carbocycles. The molecule has 110 valence electrons. The van der Waals surface area contributed by atoms with Crippen LogP contribution in [0, 0.1) is 0 Å². The van der Waals surface area contributed by atoms with Gasteiger partial charge in [0.15, 0.2) is 0 Å². The van der Waals surface area contributed by atoms with E-state index in [0.29, 0.717) is 11.4 Å². The van der Waals surface area contributed by atoms with Crippen molar-refractivity contribution in [1.82, 2.24) is 9.55 Å². The van der Waals surface area contributed by atoms with Gasteiger partial charge in [-0.1, -0.05) is 0 Å². The highest BCUT2D eigenvalue weighted by Crippen LogP contribution is 2.42. The third-order valence-corrected chi connectivity index (χ3v) is 3.84. The molecule has 3 rings (SSSR count). The number of ether oxygens (including phenoxy) is 1. The molecule has 1 fully saturated rings. The number of carboxylic acids is 1. The summed E-state index contributed by atoms with van der Waals surface area (Å²) in [5, 5.41) is 9.07. The van der Waals surface area contributed by atoms with Gasteiger partial charge in [0.25, 0.3) is 0 Å². The van der Waals surface area contributed by atoms with E-state index < -0.39 is 12.0 Å². The van der Waals surface area contributed by atoms with Crippen molar-refractivity contribution in [2.45, 2.75) is 31.7 Å². The van der Waals surface area contributed by atoms with Gasteiger partial charge in [-0.3, -0.25) is 0 Å². The van der Waals surface area contributed by atoms with E-state index >= 15 is 0 Å². The summed E-state index contributed by atoms with van der Waals surface area (Å²) >= 11 is 0. The first-order valence-electron chi connectivity index (χ1n) is 6.86. The Hall–Kier alpha value is -2.37. The van der Waals surface area contributed by atoms with E-state index in [1.165, 1.54) is 13.2 Å². The molecular formula is C15H16N2O4. The maximum Gasteiger partial charge on any atom is 0.335 e. The number of aromatic nitrogens is 2. The maximum absolute atomic E-state index is 11.9. The van der Waals surface area contributed by atoms with E-state index in [0.717, 1.165) is 24.2 Å². The number of carbonyl (C=O) groups is 2. The fourth-order valence-electron chi connectivity index (χ4n) is 2.56. The Morgan fingerprint density at radius 3 is 2.71 bits per heavy atom. The number of nitrogens with zero attached hydrogens (tertiary/aromatic N) is 2. The minimum atomic E-state index is -0.986. The number of imidazole rings is 1. The Labute approximate surface area is 121 Å². The highest BCUT2D eigenvalue weighted by atomic mass is 16.5. The van der Waals surface area contributed by atoms with Crippen LogP contribution in [-0.4, -0.2) is 33.7 Å². The van der Waals surface area contributed by atoms with Gasteiger partial charge in [0, 0.05) is 5.92 Å². The molecule has 1 heterocycles. The molecule has 0 amide bonds. The lowest BCUT2D eigenvalue weighted by atomic mass is 10.2. The number of aromatic carboxylic acids is 1. The Morgan fingerprint density at radius 2 is 2.14 bits per heavy atom. The normalized spacial score (nSPS) is 15.9. The summed E-state index contributed by atoms with van der Waals surface area (Å²) in [7, 11) is 1.36. The number of benzene rings is 1. The minimum absolute atomic E-state index is 0.195. The van der Waals surface area contributed by atoms with Gasteiger partial charge in [-0.05, 0) is 38.0 Å². The van der Waals surface area contributed by atoms with E-state index in [-0.39, 0.29) is 11.5 Å². The second-order valence-electron chi connectivity index (χ2n) is 5.32. The molecule has 1 atom stereocenters. The van der Waals surface area contributed by atoms with Crippen LogP contribution in [0.15, 0.2) is 18.2 Å². The SMILES string of the molecule is COC(=O)C(C)n1c(C2CC2)nc2cc(C(=O)O)ccc21. The van der Waals surface area contributed by atoms with Crippen molar-refractivity contribution in [2.75, 3.05) is 7.11 Å². The fraction of sp³-hybridized carbons (Fsp3) is 0.400. The topological polar surface area (TPSA) is 81.4 Å². The van der Waals surface area contributed by atoms with Crippen molar-refractivity contribution in [3.63, 3.8) is 0 Å². The largest absolute Gasteiger partial charge is 0.478 e. The number of fused-ring (bicyclic) bond motifs is 1. The fourth-order valence-corrected chi connectivity index (χ4v) is 2.56. The van der Waals surface area contributed by atoms with Crippen molar-refractivity contribution in [2.24, 2.45) is 0 Å². The van der Waals surface area contributed by atoms with Gasteiger partial charge in [-0.2, -0.15) is 0 Å². The van der Waals surface area contributed by atoms with E-state index in [2.05, 4.69) is 4.98 Å². The highest BCUT2D eigenvalue weighted by molar-refractivity contribution is 5.93. The molecule has 1 aliphatic rings. The van der Waals surface area contributed by atoms with Gasteiger partial charge in [0.1, 0.15) is 11.9 Å². The number of hydrogen-bond donors (Lipinski definition) is 1. The molecule has 1 unspecified atom stereocenters. The van der Waals surface area contributed by atoms with E-state index in [1.54, 1.807) is 19.1 Å². The van der Waals surface area contributed by atoms with Gasteiger partial charge < -0.3 is 14.4 Å².